The summed E-state index contributed by atoms with van der Waals surface area (Å²) < 4.78 is 0. The lowest BCUT2D eigenvalue weighted by Gasteiger charge is -2.04. The Morgan fingerprint density at radius 2 is 0.615 bits per heavy atom. The van der Waals surface area contributed by atoms with Crippen molar-refractivity contribution in [1.29, 1.82) is 0 Å². The molecule has 0 fully saturated rings. The van der Waals surface area contributed by atoms with Crippen molar-refractivity contribution in [3.63, 3.8) is 0 Å². The Morgan fingerprint density at radius 3 is 0.962 bits per heavy atom. The molecule has 6 rings (SSSR count). The first-order valence-electron chi connectivity index (χ1n) is 8.64. The normalized spacial score (nSPS) is 12.2. The van der Waals surface area contributed by atoms with Crippen LogP contribution in [-0.4, -0.2) is 0 Å². The Bertz CT molecular complexity index is 1490. The summed E-state index contributed by atoms with van der Waals surface area (Å²) in [5, 5.41) is 8.23. The van der Waals surface area contributed by atoms with E-state index in [1.54, 1.807) is 0 Å². The predicted molar refractivity (Wildman–Crippen MR) is 109 cm³/mol. The van der Waals surface area contributed by atoms with Gasteiger partial charge in [-0.05, 0) is 21.5 Å². The molecule has 0 saturated heterocycles. The second-order valence-corrected chi connectivity index (χ2v) is 6.79. The van der Waals surface area contributed by atoms with Crippen LogP contribution in [0.2, 0.25) is 0 Å². The molecule has 0 aliphatic heterocycles. The minimum Gasteiger partial charge on any atom is -0.289 e. The molecule has 0 atom stereocenters. The van der Waals surface area contributed by atoms with Crippen LogP contribution in [0, 0.1) is 0 Å². The van der Waals surface area contributed by atoms with Crippen LogP contribution in [0.15, 0.2) is 82.4 Å². The molecule has 6 aromatic rings. The molecule has 0 amide bonds. The van der Waals surface area contributed by atoms with Gasteiger partial charge in [-0.15, -0.1) is 0 Å². The van der Waals surface area contributed by atoms with Gasteiger partial charge in [0.25, 0.3) is 0 Å². The second-order valence-electron chi connectivity index (χ2n) is 6.79. The van der Waals surface area contributed by atoms with Gasteiger partial charge in [-0.3, -0.25) is 9.59 Å². The maximum atomic E-state index is 13.2. The molecule has 0 bridgehead atoms. The predicted octanol–water partition coefficient (Wildman–Crippen LogP) is 5.05. The van der Waals surface area contributed by atoms with E-state index in [1.807, 2.05) is 60.7 Å². The van der Waals surface area contributed by atoms with E-state index < -0.39 is 0 Å². The van der Waals surface area contributed by atoms with E-state index in [2.05, 4.69) is 12.1 Å². The molecule has 0 spiro atoms. The van der Waals surface area contributed by atoms with E-state index in [1.165, 1.54) is 0 Å². The Morgan fingerprint density at radius 1 is 0.346 bits per heavy atom. The first-order valence-corrected chi connectivity index (χ1v) is 8.64. The van der Waals surface area contributed by atoms with Crippen LogP contribution in [0.3, 0.4) is 0 Å². The van der Waals surface area contributed by atoms with Gasteiger partial charge < -0.3 is 0 Å². The first-order chi connectivity index (χ1) is 12.8. The number of fused-ring (bicyclic) bond motifs is 10. The van der Waals surface area contributed by atoms with Crippen molar-refractivity contribution in [3.8, 4) is 0 Å². The molecule has 120 valence electrons. The van der Waals surface area contributed by atoms with Crippen LogP contribution in [0.4, 0.5) is 0 Å². The topological polar surface area (TPSA) is 34.1 Å². The SMILES string of the molecule is O=c1c2ccccc2c2c3ccccc3c3c4ccccc4c(=O)c3c12. The molecular weight excluding hydrogens is 320 g/mol. The zero-order chi connectivity index (χ0) is 17.4. The third kappa shape index (κ3) is 1.44. The summed E-state index contributed by atoms with van der Waals surface area (Å²) >= 11 is 0. The van der Waals surface area contributed by atoms with Gasteiger partial charge in [-0.25, -0.2) is 0 Å². The molecule has 0 unspecified atom stereocenters. The van der Waals surface area contributed by atoms with Gasteiger partial charge in [0, 0.05) is 32.3 Å². The van der Waals surface area contributed by atoms with Gasteiger partial charge in [-0.2, -0.15) is 0 Å². The minimum absolute atomic E-state index is 0.0428. The van der Waals surface area contributed by atoms with E-state index in [4.69, 9.17) is 0 Å². The van der Waals surface area contributed by atoms with Crippen LogP contribution in [0.1, 0.15) is 0 Å². The fourth-order valence-corrected chi connectivity index (χ4v) is 4.52. The average Bonchev–Trinajstić information content (AvgIpc) is 3.16. The molecular formula is C24H12O2. The van der Waals surface area contributed by atoms with E-state index >= 15 is 0 Å². The van der Waals surface area contributed by atoms with Gasteiger partial charge in [0.2, 0.25) is 0 Å². The zero-order valence-corrected chi connectivity index (χ0v) is 13.7. The Labute approximate surface area is 147 Å². The first kappa shape index (κ1) is 13.7. The molecule has 2 nitrogen and oxygen atoms in total. The van der Waals surface area contributed by atoms with Crippen LogP contribution < -0.4 is 10.9 Å². The van der Waals surface area contributed by atoms with E-state index in [0.29, 0.717) is 21.5 Å². The van der Waals surface area contributed by atoms with Gasteiger partial charge in [0.1, 0.15) is 0 Å². The van der Waals surface area contributed by atoms with Gasteiger partial charge in [0.15, 0.2) is 10.9 Å². The summed E-state index contributed by atoms with van der Waals surface area (Å²) in [5.74, 6) is 0. The molecule has 0 aliphatic rings. The van der Waals surface area contributed by atoms with Crippen molar-refractivity contribution in [3.05, 3.63) is 93.2 Å². The maximum absolute atomic E-state index is 13.2. The van der Waals surface area contributed by atoms with E-state index in [9.17, 15) is 9.59 Å². The van der Waals surface area contributed by atoms with E-state index in [-0.39, 0.29) is 10.9 Å². The van der Waals surface area contributed by atoms with Crippen molar-refractivity contribution in [1.82, 2.24) is 0 Å². The van der Waals surface area contributed by atoms with Gasteiger partial charge in [-0.1, -0.05) is 72.8 Å². The second kappa shape index (κ2) is 4.55. The third-order valence-electron chi connectivity index (χ3n) is 5.55. The highest BCUT2D eigenvalue weighted by Crippen LogP contribution is 2.40. The van der Waals surface area contributed by atoms with Gasteiger partial charge in [0.05, 0.1) is 0 Å². The van der Waals surface area contributed by atoms with Crippen LogP contribution in [0.25, 0.3) is 53.9 Å². The Hall–Kier alpha value is -3.52. The Kier molecular flexibility index (Phi) is 2.41. The summed E-state index contributed by atoms with van der Waals surface area (Å²) in [6.07, 6.45) is 0. The van der Waals surface area contributed by atoms with Crippen LogP contribution in [0.5, 0.6) is 0 Å². The summed E-state index contributed by atoms with van der Waals surface area (Å²) in [7, 11) is 0. The quantitative estimate of drug-likeness (QED) is 0.390. The van der Waals surface area contributed by atoms with Crippen molar-refractivity contribution in [2.45, 2.75) is 0 Å². The molecule has 6 aromatic carbocycles. The molecule has 2 heteroatoms. The summed E-state index contributed by atoms with van der Waals surface area (Å²) in [5.41, 5.74) is -0.0856. The van der Waals surface area contributed by atoms with Crippen molar-refractivity contribution >= 4 is 53.9 Å². The fraction of sp³-hybridized carbons (Fsp3) is 0. The lowest BCUT2D eigenvalue weighted by molar-refractivity contribution is 1.80. The minimum atomic E-state index is -0.0428. The smallest absolute Gasteiger partial charge is 0.195 e. The maximum Gasteiger partial charge on any atom is 0.195 e. The van der Waals surface area contributed by atoms with E-state index in [0.717, 1.165) is 32.3 Å². The highest BCUT2D eigenvalue weighted by atomic mass is 16.1. The molecule has 0 radical (unpaired) electrons. The average molecular weight is 332 g/mol. The number of hydrogen-bond acceptors (Lipinski definition) is 2. The fourth-order valence-electron chi connectivity index (χ4n) is 4.52. The highest BCUT2D eigenvalue weighted by Gasteiger charge is 2.22. The van der Waals surface area contributed by atoms with Crippen molar-refractivity contribution in [2.24, 2.45) is 0 Å². The monoisotopic (exact) mass is 332 g/mol. The lowest BCUT2D eigenvalue weighted by atomic mass is 9.97. The van der Waals surface area contributed by atoms with Crippen LogP contribution in [-0.2, 0) is 0 Å². The van der Waals surface area contributed by atoms with Crippen molar-refractivity contribution in [2.75, 3.05) is 0 Å². The number of benzene rings is 4. The molecule has 0 N–H and O–H groups in total. The lowest BCUT2D eigenvalue weighted by Crippen LogP contribution is -2.01. The van der Waals surface area contributed by atoms with Crippen LogP contribution >= 0.6 is 0 Å². The van der Waals surface area contributed by atoms with Gasteiger partial charge >= 0.3 is 0 Å². The highest BCUT2D eigenvalue weighted by molar-refractivity contribution is 6.38. The standard InChI is InChI=1S/C24H12O2/c25-23-17-11-5-3-9-15(17)19-13-7-1-2-8-14(13)20-16-10-4-6-12-18(16)24(26)22(20)21(19)23/h1-12H. The largest absolute Gasteiger partial charge is 0.289 e. The molecule has 0 aliphatic carbocycles. The molecule has 0 aromatic heterocycles. The molecule has 26 heavy (non-hydrogen) atoms. The molecule has 0 saturated carbocycles. The summed E-state index contributed by atoms with van der Waals surface area (Å²) in [6, 6.07) is 23.4. The van der Waals surface area contributed by atoms with Crippen molar-refractivity contribution < 1.29 is 0 Å². The molecule has 0 heterocycles. The number of hydrogen-bond donors (Lipinski definition) is 0. The zero-order valence-electron chi connectivity index (χ0n) is 13.7. The Balaban J connectivity index is 2.17. The summed E-state index contributed by atoms with van der Waals surface area (Å²) in [4.78, 5) is 26.5. The summed E-state index contributed by atoms with van der Waals surface area (Å²) in [6.45, 7) is 0. The number of rotatable bonds is 0. The third-order valence-corrected chi connectivity index (χ3v) is 5.55.